The number of nitrogens with zero attached hydrogens (tertiary/aromatic N) is 6. The van der Waals surface area contributed by atoms with Crippen molar-refractivity contribution in [1.82, 2.24) is 24.6 Å². The normalized spacial score (nSPS) is 16.6. The zero-order chi connectivity index (χ0) is 35.1. The topological polar surface area (TPSA) is 134 Å². The molecular weight excluding hydrogens is 665 g/mol. The third-order valence-corrected chi connectivity index (χ3v) is 8.09. The highest BCUT2D eigenvalue weighted by Gasteiger charge is 2.27. The Morgan fingerprint density at radius 3 is 2.51 bits per heavy atom. The lowest BCUT2D eigenvalue weighted by Crippen LogP contribution is -2.32. The number of ether oxygens (including phenoxy) is 4. The molecule has 12 nitrogen and oxygen atoms in total. The zero-order valence-electron chi connectivity index (χ0n) is 28.0. The fraction of sp³-hybridized carbons (Fsp3) is 0.576. The third-order valence-electron chi connectivity index (χ3n) is 7.78. The Hall–Kier alpha value is -3.66. The molecule has 3 N–H and O–H groups in total. The molecule has 2 aliphatic rings. The molecule has 1 saturated heterocycles. The number of likely N-dealkylation sites (N-methyl/N-ethyl adjacent to an activating group) is 1. The van der Waals surface area contributed by atoms with Crippen molar-refractivity contribution in [3.63, 3.8) is 0 Å². The van der Waals surface area contributed by atoms with Gasteiger partial charge in [0, 0.05) is 37.5 Å². The summed E-state index contributed by atoms with van der Waals surface area (Å²) < 4.78 is 60.3. The number of aromatic nitrogens is 4. The first kappa shape index (κ1) is 38.1. The second-order valence-electron chi connectivity index (χ2n) is 11.9. The van der Waals surface area contributed by atoms with Crippen LogP contribution in [0.4, 0.5) is 24.8 Å². The fourth-order valence-corrected chi connectivity index (χ4v) is 5.33. The molecule has 2 fully saturated rings. The van der Waals surface area contributed by atoms with Gasteiger partial charge in [0.25, 0.3) is 5.88 Å². The molecule has 1 atom stereocenters. The number of nitrogens with two attached hydrogens (primary N) is 1. The molecule has 3 aromatic rings. The average molecular weight is 711 g/mol. The minimum Gasteiger partial charge on any atom is -0.487 e. The number of alkyl halides is 3. The molecule has 1 saturated carbocycles. The molecule has 1 aliphatic carbocycles. The number of aliphatic imine (C=N–C) groups is 1. The molecule has 1 aromatic carbocycles. The van der Waals surface area contributed by atoms with E-state index < -0.39 is 12.8 Å². The van der Waals surface area contributed by atoms with Crippen LogP contribution in [-0.2, 0) is 9.47 Å². The lowest BCUT2D eigenvalue weighted by Gasteiger charge is -2.21. The molecule has 0 radical (unpaired) electrons. The van der Waals surface area contributed by atoms with E-state index in [9.17, 15) is 13.2 Å². The predicted molar refractivity (Wildman–Crippen MR) is 183 cm³/mol. The number of hydrogen-bond acceptors (Lipinski definition) is 10. The van der Waals surface area contributed by atoms with Gasteiger partial charge in [-0.25, -0.2) is 9.97 Å². The average Bonchev–Trinajstić information content (AvgIpc) is 3.49. The van der Waals surface area contributed by atoms with Gasteiger partial charge < -0.3 is 34.9 Å². The van der Waals surface area contributed by atoms with Crippen molar-refractivity contribution in [2.45, 2.75) is 63.8 Å². The van der Waals surface area contributed by atoms with Gasteiger partial charge in [-0.15, -0.1) is 5.10 Å². The summed E-state index contributed by atoms with van der Waals surface area (Å²) in [5.74, 6) is 1.17. The molecule has 0 bridgehead atoms. The van der Waals surface area contributed by atoms with Gasteiger partial charge in [0.15, 0.2) is 0 Å². The minimum atomic E-state index is -4.35. The number of rotatable bonds is 14. The maximum absolute atomic E-state index is 12.3. The molecule has 270 valence electrons. The molecule has 0 spiro atoms. The predicted octanol–water partition coefficient (Wildman–Crippen LogP) is 6.29. The second-order valence-corrected chi connectivity index (χ2v) is 12.3. The first-order valence-corrected chi connectivity index (χ1v) is 16.9. The van der Waals surface area contributed by atoms with Crippen molar-refractivity contribution in [3.05, 3.63) is 41.8 Å². The van der Waals surface area contributed by atoms with Crippen LogP contribution in [0.15, 0.2) is 41.8 Å². The van der Waals surface area contributed by atoms with Crippen LogP contribution >= 0.6 is 11.6 Å². The first-order chi connectivity index (χ1) is 23.6. The summed E-state index contributed by atoms with van der Waals surface area (Å²) in [6.45, 7) is 5.08. The van der Waals surface area contributed by atoms with E-state index in [0.717, 1.165) is 63.1 Å². The van der Waals surface area contributed by atoms with Crippen LogP contribution in [0.3, 0.4) is 0 Å². The van der Waals surface area contributed by atoms with Crippen molar-refractivity contribution in [3.8, 4) is 22.8 Å². The highest BCUT2D eigenvalue weighted by Crippen LogP contribution is 2.34. The Morgan fingerprint density at radius 2 is 1.86 bits per heavy atom. The van der Waals surface area contributed by atoms with Gasteiger partial charge in [0.05, 0.1) is 56.6 Å². The molecule has 3 heterocycles. The zero-order valence-corrected chi connectivity index (χ0v) is 28.8. The van der Waals surface area contributed by atoms with Crippen LogP contribution in [0, 0.1) is 0 Å². The summed E-state index contributed by atoms with van der Waals surface area (Å²) in [7, 11) is 2.11. The smallest absolute Gasteiger partial charge is 0.411 e. The van der Waals surface area contributed by atoms with Gasteiger partial charge in [0.2, 0.25) is 5.95 Å². The number of benzene rings is 1. The Bertz CT molecular complexity index is 1430. The maximum atomic E-state index is 12.3. The molecular formula is C33H46ClF3N8O4. The lowest BCUT2D eigenvalue weighted by atomic mass is 9.96. The highest BCUT2D eigenvalue weighted by molar-refractivity contribution is 6.32. The van der Waals surface area contributed by atoms with Crippen LogP contribution in [0.25, 0.3) is 11.1 Å². The number of hydrogen-bond donors (Lipinski definition) is 2. The summed E-state index contributed by atoms with van der Waals surface area (Å²) in [6, 6.07) is 5.66. The quantitative estimate of drug-likeness (QED) is 0.112. The summed E-state index contributed by atoms with van der Waals surface area (Å²) in [6.07, 6.45) is 7.64. The molecule has 2 aromatic heterocycles. The highest BCUT2D eigenvalue weighted by atomic mass is 35.5. The summed E-state index contributed by atoms with van der Waals surface area (Å²) >= 11 is 6.33. The van der Waals surface area contributed by atoms with Crippen molar-refractivity contribution in [2.24, 2.45) is 10.7 Å². The SMILES string of the molecule is CN1CCOCC1.C[C@@H](CN=CN)Oc1cc(-c2cnc(Nc3cn(C4CCCCC4)nc3OCCCOCC(F)(F)F)nc2)ccc1Cl. The maximum Gasteiger partial charge on any atom is 0.411 e. The Morgan fingerprint density at radius 1 is 1.12 bits per heavy atom. The van der Waals surface area contributed by atoms with E-state index in [1.54, 1.807) is 18.5 Å². The molecule has 0 unspecified atom stereocenters. The van der Waals surface area contributed by atoms with E-state index in [-0.39, 0.29) is 31.8 Å². The van der Waals surface area contributed by atoms with Gasteiger partial charge in [-0.3, -0.25) is 9.67 Å². The number of halogens is 4. The molecule has 1 aliphatic heterocycles. The van der Waals surface area contributed by atoms with Crippen molar-refractivity contribution < 1.29 is 32.1 Å². The number of anilines is 2. The number of nitrogens with one attached hydrogen (secondary N) is 1. The Balaban J connectivity index is 0.000000686. The second kappa shape index (κ2) is 19.5. The van der Waals surface area contributed by atoms with Crippen LogP contribution in [-0.4, -0.2) is 103 Å². The molecule has 0 amide bonds. The van der Waals surface area contributed by atoms with Gasteiger partial charge in [-0.1, -0.05) is 36.9 Å². The van der Waals surface area contributed by atoms with Crippen LogP contribution in [0.2, 0.25) is 5.02 Å². The van der Waals surface area contributed by atoms with Gasteiger partial charge in [-0.2, -0.15) is 13.2 Å². The van der Waals surface area contributed by atoms with E-state index in [4.69, 9.17) is 31.5 Å². The molecule has 49 heavy (non-hydrogen) atoms. The lowest BCUT2D eigenvalue weighted by molar-refractivity contribution is -0.174. The van der Waals surface area contributed by atoms with Crippen molar-refractivity contribution in [1.29, 1.82) is 0 Å². The molecule has 16 heteroatoms. The van der Waals surface area contributed by atoms with E-state index >= 15 is 0 Å². The minimum absolute atomic E-state index is 0.0752. The van der Waals surface area contributed by atoms with Crippen LogP contribution < -0.4 is 20.5 Å². The Kier molecular flexibility index (Phi) is 15.2. The van der Waals surface area contributed by atoms with Crippen LogP contribution in [0.1, 0.15) is 51.5 Å². The van der Waals surface area contributed by atoms with Crippen molar-refractivity contribution in [2.75, 3.05) is 65.0 Å². The molecule has 5 rings (SSSR count). The summed E-state index contributed by atoms with van der Waals surface area (Å²) in [5.41, 5.74) is 7.45. The summed E-state index contributed by atoms with van der Waals surface area (Å²) in [5, 5.41) is 8.26. The number of morpholine rings is 1. The van der Waals surface area contributed by atoms with E-state index in [1.165, 1.54) is 12.8 Å². The monoisotopic (exact) mass is 710 g/mol. The first-order valence-electron chi connectivity index (χ1n) is 16.5. The van der Waals surface area contributed by atoms with E-state index in [0.29, 0.717) is 34.8 Å². The van der Waals surface area contributed by atoms with Crippen molar-refractivity contribution >= 4 is 29.6 Å². The largest absolute Gasteiger partial charge is 0.487 e. The fourth-order valence-electron chi connectivity index (χ4n) is 5.17. The third kappa shape index (κ3) is 13.3. The van der Waals surface area contributed by atoms with Gasteiger partial charge in [0.1, 0.15) is 24.1 Å². The Labute approximate surface area is 290 Å². The van der Waals surface area contributed by atoms with Crippen LogP contribution in [0.5, 0.6) is 11.6 Å². The van der Waals surface area contributed by atoms with E-state index in [1.807, 2.05) is 29.9 Å². The summed E-state index contributed by atoms with van der Waals surface area (Å²) in [4.78, 5) is 15.2. The standard InChI is InChI=1S/C28H35ClF3N7O3.C5H11NO/c1-19(13-34-18-33)42-25-12-20(8-9-23(25)29)21-14-35-27(36-15-21)37-24-16-39(22-6-3-2-4-7-22)38-26(24)41-11-5-10-40-17-28(30,31)32;1-6-2-4-7-5-3-6/h8-9,12,14-16,18-19,22H,2-7,10-11,13,17H2,1H3,(H2,33,34)(H,35,36,37);2-5H2,1H3/t19-;/m0./s1. The van der Waals surface area contributed by atoms with Gasteiger partial charge >= 0.3 is 6.18 Å². The van der Waals surface area contributed by atoms with Gasteiger partial charge in [-0.05, 0) is 44.5 Å². The van der Waals surface area contributed by atoms with E-state index in [2.05, 4.69) is 42.1 Å².